The van der Waals surface area contributed by atoms with Crippen molar-refractivity contribution in [3.8, 4) is 17.2 Å². The molecule has 0 aromatic heterocycles. The van der Waals surface area contributed by atoms with E-state index in [0.29, 0.717) is 28.5 Å². The van der Waals surface area contributed by atoms with Crippen LogP contribution in [0.25, 0.3) is 21.5 Å². The van der Waals surface area contributed by atoms with E-state index < -0.39 is 11.7 Å². The van der Waals surface area contributed by atoms with E-state index in [1.54, 1.807) is 27.3 Å². The van der Waals surface area contributed by atoms with Crippen LogP contribution in [-0.2, 0) is 4.79 Å². The number of fused-ring (bicyclic) bond motifs is 2. The van der Waals surface area contributed by atoms with Crippen LogP contribution in [0.5, 0.6) is 17.2 Å². The minimum atomic E-state index is -0.576. The number of ketones is 1. The highest BCUT2D eigenvalue weighted by atomic mass is 16.5. The van der Waals surface area contributed by atoms with Gasteiger partial charge in [-0.1, -0.05) is 0 Å². The van der Waals surface area contributed by atoms with E-state index in [2.05, 4.69) is 0 Å². The van der Waals surface area contributed by atoms with E-state index in [4.69, 9.17) is 14.2 Å². The Morgan fingerprint density at radius 1 is 0.846 bits per heavy atom. The number of likely N-dealkylation sites (N-methyl/N-ethyl adjacent to an activating group) is 1. The molecule has 1 heterocycles. The molecule has 0 N–H and O–H groups in total. The standard InChI is InChI=1S/C20H17NO5/c1-21-15-9-13-11(5-6-16(25-3)19(13)26-4)12-7-10(24-2)8-14(17(12)15)18(22)20(21)23/h5-9H,1-4H3. The molecule has 0 unspecified atom stereocenters. The molecule has 26 heavy (non-hydrogen) atoms. The summed E-state index contributed by atoms with van der Waals surface area (Å²) in [5.74, 6) is 0.573. The summed E-state index contributed by atoms with van der Waals surface area (Å²) in [5, 5.41) is 3.23. The third-order valence-electron chi connectivity index (χ3n) is 4.86. The Hall–Kier alpha value is -3.28. The molecule has 1 aliphatic rings. The summed E-state index contributed by atoms with van der Waals surface area (Å²) in [6, 6.07) is 9.08. The SMILES string of the molecule is COc1cc2c3c(cc4c(OC)c(OC)ccc4c3c1)N(C)C(=O)C2=O. The number of ether oxygens (including phenoxy) is 3. The van der Waals surface area contributed by atoms with Gasteiger partial charge in [-0.3, -0.25) is 9.59 Å². The van der Waals surface area contributed by atoms with Gasteiger partial charge < -0.3 is 19.1 Å². The third kappa shape index (κ3) is 1.98. The van der Waals surface area contributed by atoms with Gasteiger partial charge in [-0.05, 0) is 41.1 Å². The van der Waals surface area contributed by atoms with E-state index >= 15 is 0 Å². The third-order valence-corrected chi connectivity index (χ3v) is 4.86. The Kier molecular flexibility index (Phi) is 3.50. The van der Waals surface area contributed by atoms with Crippen molar-refractivity contribution in [3.63, 3.8) is 0 Å². The molecule has 3 aromatic carbocycles. The first kappa shape index (κ1) is 16.2. The highest BCUT2D eigenvalue weighted by Crippen LogP contribution is 2.45. The lowest BCUT2D eigenvalue weighted by atomic mass is 9.90. The molecule has 0 aliphatic carbocycles. The van der Waals surface area contributed by atoms with Gasteiger partial charge in [0, 0.05) is 23.4 Å². The van der Waals surface area contributed by atoms with Crippen molar-refractivity contribution in [1.82, 2.24) is 0 Å². The van der Waals surface area contributed by atoms with Crippen LogP contribution in [-0.4, -0.2) is 40.1 Å². The zero-order valence-electron chi connectivity index (χ0n) is 14.9. The van der Waals surface area contributed by atoms with Crippen molar-refractivity contribution in [2.45, 2.75) is 0 Å². The molecule has 3 aromatic rings. The van der Waals surface area contributed by atoms with Crippen molar-refractivity contribution in [2.24, 2.45) is 0 Å². The summed E-state index contributed by atoms with van der Waals surface area (Å²) in [7, 11) is 6.28. The number of hydrogen-bond donors (Lipinski definition) is 0. The van der Waals surface area contributed by atoms with E-state index in [1.807, 2.05) is 24.3 Å². The fourth-order valence-electron chi connectivity index (χ4n) is 3.58. The molecule has 0 saturated carbocycles. The topological polar surface area (TPSA) is 65.1 Å². The lowest BCUT2D eigenvalue weighted by Crippen LogP contribution is -2.36. The number of amides is 1. The quantitative estimate of drug-likeness (QED) is 0.536. The first-order valence-electron chi connectivity index (χ1n) is 8.03. The molecular weight excluding hydrogens is 334 g/mol. The van der Waals surface area contributed by atoms with Gasteiger partial charge in [-0.25, -0.2) is 0 Å². The summed E-state index contributed by atoms with van der Waals surface area (Å²) in [6.45, 7) is 0. The van der Waals surface area contributed by atoms with Crippen LogP contribution >= 0.6 is 0 Å². The maximum atomic E-state index is 12.5. The van der Waals surface area contributed by atoms with Crippen LogP contribution in [0, 0.1) is 0 Å². The van der Waals surface area contributed by atoms with Crippen LogP contribution in [0.15, 0.2) is 30.3 Å². The van der Waals surface area contributed by atoms with E-state index in [1.165, 1.54) is 12.0 Å². The van der Waals surface area contributed by atoms with Gasteiger partial charge in [-0.15, -0.1) is 0 Å². The van der Waals surface area contributed by atoms with Crippen LogP contribution in [0.3, 0.4) is 0 Å². The molecule has 132 valence electrons. The molecule has 0 fully saturated rings. The molecule has 0 radical (unpaired) electrons. The fourth-order valence-corrected chi connectivity index (χ4v) is 3.58. The highest BCUT2D eigenvalue weighted by Gasteiger charge is 2.32. The predicted octanol–water partition coefficient (Wildman–Crippen LogP) is 3.18. The number of nitrogens with zero attached hydrogens (tertiary/aromatic N) is 1. The van der Waals surface area contributed by atoms with Gasteiger partial charge >= 0.3 is 0 Å². The lowest BCUT2D eigenvalue weighted by Gasteiger charge is -2.26. The van der Waals surface area contributed by atoms with E-state index in [0.717, 1.165) is 21.5 Å². The fraction of sp³-hybridized carbons (Fsp3) is 0.200. The first-order chi connectivity index (χ1) is 12.5. The van der Waals surface area contributed by atoms with Crippen molar-refractivity contribution in [2.75, 3.05) is 33.3 Å². The molecule has 0 saturated heterocycles. The maximum absolute atomic E-state index is 12.5. The summed E-state index contributed by atoms with van der Waals surface area (Å²) >= 11 is 0. The van der Waals surface area contributed by atoms with Crippen molar-refractivity contribution >= 4 is 38.9 Å². The molecule has 4 rings (SSSR count). The number of rotatable bonds is 3. The van der Waals surface area contributed by atoms with Crippen LogP contribution < -0.4 is 19.1 Å². The minimum Gasteiger partial charge on any atom is -0.497 e. The van der Waals surface area contributed by atoms with Gasteiger partial charge in [0.2, 0.25) is 0 Å². The van der Waals surface area contributed by atoms with E-state index in [-0.39, 0.29) is 0 Å². The van der Waals surface area contributed by atoms with Gasteiger partial charge in [0.15, 0.2) is 11.5 Å². The molecule has 0 spiro atoms. The lowest BCUT2D eigenvalue weighted by molar-refractivity contribution is -0.114. The Morgan fingerprint density at radius 2 is 1.62 bits per heavy atom. The summed E-state index contributed by atoms with van der Waals surface area (Å²) in [6.07, 6.45) is 0. The van der Waals surface area contributed by atoms with Crippen molar-refractivity contribution in [1.29, 1.82) is 0 Å². The minimum absolute atomic E-state index is 0.356. The average molecular weight is 351 g/mol. The number of carbonyl (C=O) groups is 2. The summed E-state index contributed by atoms with van der Waals surface area (Å²) in [4.78, 5) is 26.3. The molecule has 1 aliphatic heterocycles. The van der Waals surface area contributed by atoms with Crippen molar-refractivity contribution in [3.05, 3.63) is 35.9 Å². The van der Waals surface area contributed by atoms with E-state index in [9.17, 15) is 9.59 Å². The van der Waals surface area contributed by atoms with Crippen LogP contribution in [0.4, 0.5) is 5.69 Å². The van der Waals surface area contributed by atoms with Crippen LogP contribution in [0.2, 0.25) is 0 Å². The van der Waals surface area contributed by atoms with Gasteiger partial charge in [0.25, 0.3) is 11.7 Å². The summed E-state index contributed by atoms with van der Waals surface area (Å²) < 4.78 is 16.3. The first-order valence-corrected chi connectivity index (χ1v) is 8.03. The molecule has 0 atom stereocenters. The summed E-state index contributed by atoms with van der Waals surface area (Å²) in [5.41, 5.74) is 1.01. The second-order valence-corrected chi connectivity index (χ2v) is 6.08. The number of carbonyl (C=O) groups excluding carboxylic acids is 2. The number of Topliss-reactive ketones (excluding diaryl/α,β-unsaturated/α-hetero) is 1. The highest BCUT2D eigenvalue weighted by molar-refractivity contribution is 6.52. The maximum Gasteiger partial charge on any atom is 0.299 e. The number of hydrogen-bond acceptors (Lipinski definition) is 5. The second-order valence-electron chi connectivity index (χ2n) is 6.08. The zero-order valence-corrected chi connectivity index (χ0v) is 14.9. The van der Waals surface area contributed by atoms with Crippen molar-refractivity contribution < 1.29 is 23.8 Å². The van der Waals surface area contributed by atoms with Gasteiger partial charge in [-0.2, -0.15) is 0 Å². The molecule has 0 bridgehead atoms. The Balaban J connectivity index is 2.26. The Bertz CT molecular complexity index is 1100. The smallest absolute Gasteiger partial charge is 0.299 e. The second kappa shape index (κ2) is 5.62. The van der Waals surface area contributed by atoms with Crippen LogP contribution in [0.1, 0.15) is 10.4 Å². The monoisotopic (exact) mass is 351 g/mol. The molecule has 6 nitrogen and oxygen atoms in total. The Morgan fingerprint density at radius 3 is 2.27 bits per heavy atom. The Labute approximate surface area is 149 Å². The molecular formula is C20H17NO5. The number of methoxy groups -OCH3 is 3. The molecule has 1 amide bonds. The van der Waals surface area contributed by atoms with Gasteiger partial charge in [0.05, 0.1) is 27.0 Å². The molecule has 6 heteroatoms. The normalized spacial score (nSPS) is 13.5. The zero-order chi connectivity index (χ0) is 18.6. The number of benzene rings is 3. The largest absolute Gasteiger partial charge is 0.497 e. The average Bonchev–Trinajstić information content (AvgIpc) is 2.68. The predicted molar refractivity (Wildman–Crippen MR) is 98.9 cm³/mol. The van der Waals surface area contributed by atoms with Gasteiger partial charge in [0.1, 0.15) is 5.75 Å². The number of anilines is 1.